The largest absolute Gasteiger partial charge is 0.338 e. The Hall–Kier alpha value is -2.68. The van der Waals surface area contributed by atoms with Crippen LogP contribution in [0.1, 0.15) is 47.4 Å². The van der Waals surface area contributed by atoms with Crippen molar-refractivity contribution in [3.8, 4) is 6.07 Å². The van der Waals surface area contributed by atoms with E-state index in [4.69, 9.17) is 5.26 Å². The number of hydrogen-bond acceptors (Lipinski definition) is 4. The van der Waals surface area contributed by atoms with E-state index in [9.17, 15) is 14.4 Å². The van der Waals surface area contributed by atoms with Gasteiger partial charge in [0.05, 0.1) is 17.2 Å². The van der Waals surface area contributed by atoms with Crippen LogP contribution in [0.15, 0.2) is 24.3 Å². The van der Waals surface area contributed by atoms with Gasteiger partial charge >= 0.3 is 0 Å². The number of nitriles is 1. The van der Waals surface area contributed by atoms with Crippen molar-refractivity contribution in [2.45, 2.75) is 32.2 Å². The molecule has 3 amide bonds. The molecule has 1 aliphatic heterocycles. The molecule has 114 valence electrons. The summed E-state index contributed by atoms with van der Waals surface area (Å²) >= 11 is 0. The molecule has 1 aromatic carbocycles. The van der Waals surface area contributed by atoms with Crippen molar-refractivity contribution >= 4 is 17.7 Å². The Morgan fingerprint density at radius 1 is 1.23 bits per heavy atom. The Bertz CT molecular complexity index is 638. The Labute approximate surface area is 128 Å². The first-order valence-corrected chi connectivity index (χ1v) is 7.03. The van der Waals surface area contributed by atoms with Crippen LogP contribution in [0.5, 0.6) is 0 Å². The normalized spacial score (nSPS) is 13.8. The van der Waals surface area contributed by atoms with Crippen molar-refractivity contribution in [2.75, 3.05) is 6.54 Å². The van der Waals surface area contributed by atoms with Crippen LogP contribution >= 0.6 is 0 Å². The highest BCUT2D eigenvalue weighted by Gasteiger charge is 2.34. The van der Waals surface area contributed by atoms with Gasteiger partial charge in [-0.1, -0.05) is 12.1 Å². The minimum Gasteiger partial charge on any atom is -0.338 e. The highest BCUT2D eigenvalue weighted by atomic mass is 16.2. The third-order valence-corrected chi connectivity index (χ3v) is 3.40. The van der Waals surface area contributed by atoms with Crippen molar-refractivity contribution in [1.82, 2.24) is 10.2 Å². The number of benzene rings is 1. The van der Waals surface area contributed by atoms with E-state index in [1.54, 1.807) is 38.1 Å². The van der Waals surface area contributed by atoms with Gasteiger partial charge in [-0.05, 0) is 32.4 Å². The summed E-state index contributed by atoms with van der Waals surface area (Å²) in [6.07, 6.45) is 0.511. The molecule has 0 fully saturated rings. The zero-order valence-electron chi connectivity index (χ0n) is 12.5. The SMILES string of the molecule is CC(C)(C#N)NC(=O)CCCN1C(=O)c2ccccc2C1=O. The number of nitrogens with one attached hydrogen (secondary N) is 1. The lowest BCUT2D eigenvalue weighted by Gasteiger charge is -2.18. The first-order chi connectivity index (χ1) is 10.4. The summed E-state index contributed by atoms with van der Waals surface area (Å²) in [5.41, 5.74) is -0.114. The Kier molecular flexibility index (Phi) is 4.27. The van der Waals surface area contributed by atoms with Gasteiger partial charge in [-0.3, -0.25) is 19.3 Å². The highest BCUT2D eigenvalue weighted by Crippen LogP contribution is 2.22. The van der Waals surface area contributed by atoms with Gasteiger partial charge in [0.15, 0.2) is 0 Å². The van der Waals surface area contributed by atoms with Gasteiger partial charge in [-0.15, -0.1) is 0 Å². The number of hydrogen-bond donors (Lipinski definition) is 1. The van der Waals surface area contributed by atoms with Crippen LogP contribution in [0.4, 0.5) is 0 Å². The van der Waals surface area contributed by atoms with Gasteiger partial charge in [0.2, 0.25) is 5.91 Å². The van der Waals surface area contributed by atoms with Crippen LogP contribution in [-0.2, 0) is 4.79 Å². The van der Waals surface area contributed by atoms with Gasteiger partial charge < -0.3 is 5.32 Å². The number of carbonyl (C=O) groups is 3. The Morgan fingerprint density at radius 3 is 2.27 bits per heavy atom. The molecule has 1 aromatic rings. The zero-order chi connectivity index (χ0) is 16.3. The first kappa shape index (κ1) is 15.7. The monoisotopic (exact) mass is 299 g/mol. The maximum absolute atomic E-state index is 12.1. The molecule has 0 aromatic heterocycles. The Balaban J connectivity index is 1.89. The van der Waals surface area contributed by atoms with Crippen molar-refractivity contribution < 1.29 is 14.4 Å². The molecule has 6 heteroatoms. The van der Waals surface area contributed by atoms with E-state index in [0.29, 0.717) is 17.5 Å². The number of carbonyl (C=O) groups excluding carboxylic acids is 3. The van der Waals surface area contributed by atoms with Crippen molar-refractivity contribution in [3.63, 3.8) is 0 Å². The number of amides is 3. The third kappa shape index (κ3) is 3.14. The molecule has 0 radical (unpaired) electrons. The van der Waals surface area contributed by atoms with Crippen molar-refractivity contribution in [2.24, 2.45) is 0 Å². The minimum absolute atomic E-state index is 0.151. The molecule has 0 bridgehead atoms. The van der Waals surface area contributed by atoms with E-state index in [-0.39, 0.29) is 30.7 Å². The average Bonchev–Trinajstić information content (AvgIpc) is 2.72. The van der Waals surface area contributed by atoms with Gasteiger partial charge in [0, 0.05) is 13.0 Å². The molecule has 0 atom stereocenters. The van der Waals surface area contributed by atoms with E-state index >= 15 is 0 Å². The lowest BCUT2D eigenvalue weighted by atomic mass is 10.1. The molecule has 0 saturated carbocycles. The van der Waals surface area contributed by atoms with Crippen molar-refractivity contribution in [1.29, 1.82) is 5.26 Å². The summed E-state index contributed by atoms with van der Waals surface area (Å²) in [4.78, 5) is 37.1. The fourth-order valence-electron chi connectivity index (χ4n) is 2.28. The molecule has 1 heterocycles. The predicted molar refractivity (Wildman–Crippen MR) is 78.9 cm³/mol. The molecular formula is C16H17N3O3. The summed E-state index contributed by atoms with van der Waals surface area (Å²) in [7, 11) is 0. The molecule has 1 aliphatic rings. The van der Waals surface area contributed by atoms with Gasteiger partial charge in [-0.2, -0.15) is 5.26 Å². The predicted octanol–water partition coefficient (Wildman–Crippen LogP) is 1.48. The summed E-state index contributed by atoms with van der Waals surface area (Å²) in [6.45, 7) is 3.40. The Morgan fingerprint density at radius 2 is 1.77 bits per heavy atom. The lowest BCUT2D eigenvalue weighted by molar-refractivity contribution is -0.122. The lowest BCUT2D eigenvalue weighted by Crippen LogP contribution is -2.42. The maximum atomic E-state index is 12.1. The number of rotatable bonds is 5. The van der Waals surface area contributed by atoms with Gasteiger partial charge in [0.1, 0.15) is 5.54 Å². The average molecular weight is 299 g/mol. The molecular weight excluding hydrogens is 282 g/mol. The highest BCUT2D eigenvalue weighted by molar-refractivity contribution is 6.21. The summed E-state index contributed by atoms with van der Waals surface area (Å²) in [5, 5.41) is 11.4. The van der Waals surface area contributed by atoms with E-state index in [0.717, 1.165) is 4.90 Å². The molecule has 1 N–H and O–H groups in total. The van der Waals surface area contributed by atoms with E-state index in [2.05, 4.69) is 5.32 Å². The minimum atomic E-state index is -0.924. The fraction of sp³-hybridized carbons (Fsp3) is 0.375. The smallest absolute Gasteiger partial charge is 0.261 e. The van der Waals surface area contributed by atoms with Crippen LogP contribution in [0.3, 0.4) is 0 Å². The quantitative estimate of drug-likeness (QED) is 0.834. The van der Waals surface area contributed by atoms with Crippen LogP contribution in [-0.4, -0.2) is 34.7 Å². The number of fused-ring (bicyclic) bond motifs is 1. The third-order valence-electron chi connectivity index (χ3n) is 3.40. The summed E-state index contributed by atoms with van der Waals surface area (Å²) in [5.74, 6) is -0.917. The molecule has 0 saturated heterocycles. The van der Waals surface area contributed by atoms with E-state index in [1.807, 2.05) is 6.07 Å². The van der Waals surface area contributed by atoms with E-state index < -0.39 is 5.54 Å². The molecule has 6 nitrogen and oxygen atoms in total. The second kappa shape index (κ2) is 5.98. The maximum Gasteiger partial charge on any atom is 0.261 e. The molecule has 2 rings (SSSR count). The molecule has 0 spiro atoms. The molecule has 0 aliphatic carbocycles. The van der Waals surface area contributed by atoms with E-state index in [1.165, 1.54) is 0 Å². The topological polar surface area (TPSA) is 90.3 Å². The second-order valence-corrected chi connectivity index (χ2v) is 5.70. The summed E-state index contributed by atoms with van der Waals surface area (Å²) in [6, 6.07) is 8.65. The van der Waals surface area contributed by atoms with Crippen molar-refractivity contribution in [3.05, 3.63) is 35.4 Å². The number of imide groups is 1. The van der Waals surface area contributed by atoms with Gasteiger partial charge in [-0.25, -0.2) is 0 Å². The van der Waals surface area contributed by atoms with Crippen LogP contribution in [0.25, 0.3) is 0 Å². The molecule has 0 unspecified atom stereocenters. The summed E-state index contributed by atoms with van der Waals surface area (Å²) < 4.78 is 0. The van der Waals surface area contributed by atoms with Gasteiger partial charge in [0.25, 0.3) is 11.8 Å². The van der Waals surface area contributed by atoms with Crippen LogP contribution in [0.2, 0.25) is 0 Å². The fourth-order valence-corrected chi connectivity index (χ4v) is 2.28. The molecule has 22 heavy (non-hydrogen) atoms. The standard InChI is InChI=1S/C16H17N3O3/c1-16(2,10-17)18-13(20)8-5-9-19-14(21)11-6-3-4-7-12(11)15(19)22/h3-4,6-7H,5,8-9H2,1-2H3,(H,18,20). The van der Waals surface area contributed by atoms with Crippen LogP contribution in [0, 0.1) is 11.3 Å². The zero-order valence-corrected chi connectivity index (χ0v) is 12.5. The number of nitrogens with zero attached hydrogens (tertiary/aromatic N) is 2. The van der Waals surface area contributed by atoms with Crippen LogP contribution < -0.4 is 5.32 Å². The second-order valence-electron chi connectivity index (χ2n) is 5.70. The first-order valence-electron chi connectivity index (χ1n) is 7.03.